The molecule has 0 aliphatic rings. The van der Waals surface area contributed by atoms with Crippen molar-refractivity contribution in [3.63, 3.8) is 0 Å². The van der Waals surface area contributed by atoms with E-state index in [4.69, 9.17) is 0 Å². The maximum absolute atomic E-state index is 2.65. The molecule has 0 radical (unpaired) electrons. The molecule has 0 heterocycles. The highest BCUT2D eigenvalue weighted by Gasteiger charge is 2.29. The molecule has 0 aromatic heterocycles. The summed E-state index contributed by atoms with van der Waals surface area (Å²) in [7, 11) is 0. The summed E-state index contributed by atoms with van der Waals surface area (Å²) in [4.78, 5) is 2.65. The maximum atomic E-state index is 2.65. The lowest BCUT2D eigenvalue weighted by Crippen LogP contribution is -2.49. The summed E-state index contributed by atoms with van der Waals surface area (Å²) in [5.74, 6) is 0. The van der Waals surface area contributed by atoms with Crippen molar-refractivity contribution in [1.82, 2.24) is 4.90 Å². The van der Waals surface area contributed by atoms with E-state index >= 15 is 0 Å². The second kappa shape index (κ2) is 5.64. The molecular weight excluding hydrogens is 158 g/mol. The van der Waals surface area contributed by atoms with Crippen LogP contribution >= 0.6 is 0 Å². The van der Waals surface area contributed by atoms with E-state index < -0.39 is 0 Å². The van der Waals surface area contributed by atoms with Crippen LogP contribution in [0.15, 0.2) is 0 Å². The van der Waals surface area contributed by atoms with Crippen molar-refractivity contribution in [2.75, 3.05) is 6.54 Å². The normalized spacial score (nSPS) is 15.0. The maximum Gasteiger partial charge on any atom is 0.0178 e. The van der Waals surface area contributed by atoms with Gasteiger partial charge < -0.3 is 0 Å². The fourth-order valence-corrected chi connectivity index (χ4v) is 2.10. The molecule has 0 saturated heterocycles. The summed E-state index contributed by atoms with van der Waals surface area (Å²) in [5.41, 5.74) is 0.407. The zero-order valence-corrected chi connectivity index (χ0v) is 10.4. The van der Waals surface area contributed by atoms with E-state index in [1.807, 2.05) is 0 Å². The van der Waals surface area contributed by atoms with Crippen molar-refractivity contribution in [3.8, 4) is 0 Å². The van der Waals surface area contributed by atoms with Crippen molar-refractivity contribution < 1.29 is 0 Å². The van der Waals surface area contributed by atoms with E-state index in [9.17, 15) is 0 Å². The van der Waals surface area contributed by atoms with Gasteiger partial charge in [-0.1, -0.05) is 27.7 Å². The van der Waals surface area contributed by atoms with Crippen LogP contribution < -0.4 is 0 Å². The van der Waals surface area contributed by atoms with E-state index in [0.29, 0.717) is 5.54 Å². The Morgan fingerprint density at radius 2 is 1.54 bits per heavy atom. The molecule has 0 bridgehead atoms. The Morgan fingerprint density at radius 3 is 1.77 bits per heavy atom. The van der Waals surface area contributed by atoms with Gasteiger partial charge in [0.2, 0.25) is 0 Å². The van der Waals surface area contributed by atoms with Gasteiger partial charge >= 0.3 is 0 Å². The Morgan fingerprint density at radius 1 is 1.08 bits per heavy atom. The molecular formula is C12H27N. The minimum Gasteiger partial charge on any atom is -0.296 e. The fourth-order valence-electron chi connectivity index (χ4n) is 2.10. The van der Waals surface area contributed by atoms with Crippen molar-refractivity contribution in [2.45, 2.75) is 72.4 Å². The molecule has 0 saturated carbocycles. The van der Waals surface area contributed by atoms with Crippen LogP contribution in [0.25, 0.3) is 0 Å². The molecule has 1 atom stereocenters. The van der Waals surface area contributed by atoms with Crippen molar-refractivity contribution in [2.24, 2.45) is 0 Å². The SMILES string of the molecule is CCC(C)N(CC)C(C)(CC)CC. The second-order valence-corrected chi connectivity index (χ2v) is 4.25. The summed E-state index contributed by atoms with van der Waals surface area (Å²) >= 11 is 0. The zero-order valence-electron chi connectivity index (χ0n) is 10.4. The number of nitrogens with zero attached hydrogens (tertiary/aromatic N) is 1. The molecule has 0 N–H and O–H groups in total. The predicted molar refractivity (Wildman–Crippen MR) is 61.1 cm³/mol. The molecule has 0 spiro atoms. The smallest absolute Gasteiger partial charge is 0.0178 e. The van der Waals surface area contributed by atoms with E-state index in [1.165, 1.54) is 25.8 Å². The highest BCUT2D eigenvalue weighted by molar-refractivity contribution is 4.85. The van der Waals surface area contributed by atoms with E-state index in [0.717, 1.165) is 6.04 Å². The lowest BCUT2D eigenvalue weighted by atomic mass is 9.91. The largest absolute Gasteiger partial charge is 0.296 e. The summed E-state index contributed by atoms with van der Waals surface area (Å²) in [6.07, 6.45) is 3.76. The van der Waals surface area contributed by atoms with Crippen LogP contribution in [0.4, 0.5) is 0 Å². The van der Waals surface area contributed by atoms with Gasteiger partial charge in [-0.05, 0) is 39.7 Å². The predicted octanol–water partition coefficient (Wildman–Crippen LogP) is 3.69. The van der Waals surface area contributed by atoms with E-state index in [1.54, 1.807) is 0 Å². The Hall–Kier alpha value is -0.0400. The Balaban J connectivity index is 4.51. The second-order valence-electron chi connectivity index (χ2n) is 4.25. The third-order valence-electron chi connectivity index (χ3n) is 3.68. The summed E-state index contributed by atoms with van der Waals surface area (Å²) < 4.78 is 0. The Bertz CT molecular complexity index is 127. The minimum atomic E-state index is 0.407. The first-order valence-corrected chi connectivity index (χ1v) is 5.82. The van der Waals surface area contributed by atoms with Crippen molar-refractivity contribution in [1.29, 1.82) is 0 Å². The third-order valence-corrected chi connectivity index (χ3v) is 3.68. The number of hydrogen-bond acceptors (Lipinski definition) is 1. The Kier molecular flexibility index (Phi) is 5.62. The standard InChI is InChI=1S/C12H27N/c1-7-11(5)13(10-4)12(6,8-2)9-3/h11H,7-10H2,1-6H3. The number of rotatable bonds is 6. The lowest BCUT2D eigenvalue weighted by molar-refractivity contribution is 0.0591. The molecule has 80 valence electrons. The van der Waals surface area contributed by atoms with Gasteiger partial charge in [0.05, 0.1) is 0 Å². The highest BCUT2D eigenvalue weighted by atomic mass is 15.2. The molecule has 0 aliphatic carbocycles. The summed E-state index contributed by atoms with van der Waals surface area (Å²) in [6, 6.07) is 0.718. The summed E-state index contributed by atoms with van der Waals surface area (Å²) in [5, 5.41) is 0. The van der Waals surface area contributed by atoms with Crippen LogP contribution in [0.1, 0.15) is 60.8 Å². The van der Waals surface area contributed by atoms with Gasteiger partial charge in [-0.15, -0.1) is 0 Å². The van der Waals surface area contributed by atoms with E-state index in [2.05, 4.69) is 46.4 Å². The molecule has 1 unspecified atom stereocenters. The molecule has 13 heavy (non-hydrogen) atoms. The first kappa shape index (κ1) is 13.0. The zero-order chi connectivity index (χ0) is 10.5. The van der Waals surface area contributed by atoms with Gasteiger partial charge in [0.25, 0.3) is 0 Å². The van der Waals surface area contributed by atoms with Crippen molar-refractivity contribution in [3.05, 3.63) is 0 Å². The Labute approximate surface area is 84.5 Å². The van der Waals surface area contributed by atoms with Crippen LogP contribution in [0, 0.1) is 0 Å². The lowest BCUT2D eigenvalue weighted by Gasteiger charge is -2.43. The van der Waals surface area contributed by atoms with Gasteiger partial charge in [0.15, 0.2) is 0 Å². The van der Waals surface area contributed by atoms with Gasteiger partial charge in [-0.2, -0.15) is 0 Å². The molecule has 1 nitrogen and oxygen atoms in total. The monoisotopic (exact) mass is 185 g/mol. The molecule has 1 heteroatoms. The number of hydrogen-bond donors (Lipinski definition) is 0. The first-order valence-electron chi connectivity index (χ1n) is 5.82. The van der Waals surface area contributed by atoms with Gasteiger partial charge in [0, 0.05) is 11.6 Å². The highest BCUT2D eigenvalue weighted by Crippen LogP contribution is 2.26. The average Bonchev–Trinajstić information content (AvgIpc) is 2.18. The van der Waals surface area contributed by atoms with Crippen LogP contribution in [0.3, 0.4) is 0 Å². The van der Waals surface area contributed by atoms with E-state index in [-0.39, 0.29) is 0 Å². The van der Waals surface area contributed by atoms with Gasteiger partial charge in [-0.3, -0.25) is 4.90 Å². The molecule has 0 aliphatic heterocycles. The fraction of sp³-hybridized carbons (Fsp3) is 1.00. The van der Waals surface area contributed by atoms with Crippen molar-refractivity contribution >= 4 is 0 Å². The first-order chi connectivity index (χ1) is 6.05. The van der Waals surface area contributed by atoms with Crippen LogP contribution in [0.2, 0.25) is 0 Å². The summed E-state index contributed by atoms with van der Waals surface area (Å²) in [6.45, 7) is 15.1. The molecule has 0 fully saturated rings. The molecule has 0 rings (SSSR count). The third kappa shape index (κ3) is 2.98. The topological polar surface area (TPSA) is 3.24 Å². The van der Waals surface area contributed by atoms with Crippen LogP contribution in [0.5, 0.6) is 0 Å². The van der Waals surface area contributed by atoms with Crippen LogP contribution in [-0.4, -0.2) is 23.0 Å². The van der Waals surface area contributed by atoms with Crippen LogP contribution in [-0.2, 0) is 0 Å². The quantitative estimate of drug-likeness (QED) is 0.610. The molecule has 0 aromatic carbocycles. The molecule has 0 aromatic rings. The van der Waals surface area contributed by atoms with Gasteiger partial charge in [-0.25, -0.2) is 0 Å². The minimum absolute atomic E-state index is 0.407. The molecule has 0 amide bonds. The van der Waals surface area contributed by atoms with Gasteiger partial charge in [0.1, 0.15) is 0 Å². The average molecular weight is 185 g/mol.